The molecular formula is C23H35IN4O3. The van der Waals surface area contributed by atoms with E-state index in [2.05, 4.69) is 42.6 Å². The molecule has 0 aliphatic carbocycles. The largest absolute Gasteiger partial charge is 0.496 e. The second kappa shape index (κ2) is 14.0. The molecule has 7 nitrogen and oxygen atoms in total. The maximum absolute atomic E-state index is 5.47. The Hall–Kier alpha value is -2.20. The Balaban J connectivity index is 0.00000480. The summed E-state index contributed by atoms with van der Waals surface area (Å²) in [6.45, 7) is 4.04. The highest BCUT2D eigenvalue weighted by molar-refractivity contribution is 14.0. The first-order valence-electron chi connectivity index (χ1n) is 10.1. The van der Waals surface area contributed by atoms with Gasteiger partial charge >= 0.3 is 0 Å². The molecule has 1 unspecified atom stereocenters. The van der Waals surface area contributed by atoms with Crippen LogP contribution in [0, 0.1) is 0 Å². The second-order valence-electron chi connectivity index (χ2n) is 6.98. The lowest BCUT2D eigenvalue weighted by Crippen LogP contribution is -2.41. The molecule has 0 radical (unpaired) electrons. The van der Waals surface area contributed by atoms with E-state index in [0.29, 0.717) is 13.1 Å². The topological polar surface area (TPSA) is 67.4 Å². The number of rotatable bonds is 10. The zero-order chi connectivity index (χ0) is 21.9. The van der Waals surface area contributed by atoms with Crippen molar-refractivity contribution in [2.75, 3.05) is 48.5 Å². The van der Waals surface area contributed by atoms with Crippen LogP contribution in [0.1, 0.15) is 24.1 Å². The third-order valence-electron chi connectivity index (χ3n) is 4.82. The number of likely N-dealkylation sites (N-methyl/N-ethyl adjacent to an activating group) is 1. The molecule has 2 aromatic rings. The number of benzene rings is 2. The molecule has 0 heterocycles. The van der Waals surface area contributed by atoms with Crippen molar-refractivity contribution < 1.29 is 14.2 Å². The fourth-order valence-corrected chi connectivity index (χ4v) is 3.19. The lowest BCUT2D eigenvalue weighted by molar-refractivity contribution is 0.295. The number of aliphatic imine (C=N–C) groups is 1. The number of nitrogens with one attached hydrogen (secondary N) is 2. The number of methoxy groups -OCH3 is 3. The van der Waals surface area contributed by atoms with E-state index in [4.69, 9.17) is 19.2 Å². The number of halogens is 1. The van der Waals surface area contributed by atoms with Gasteiger partial charge in [0, 0.05) is 18.7 Å². The molecule has 0 fully saturated rings. The Bertz CT molecular complexity index is 830. The molecule has 8 heteroatoms. The first-order valence-corrected chi connectivity index (χ1v) is 10.1. The maximum Gasteiger partial charge on any atom is 0.191 e. The van der Waals surface area contributed by atoms with Crippen molar-refractivity contribution in [1.82, 2.24) is 15.5 Å². The van der Waals surface area contributed by atoms with Crippen molar-refractivity contribution in [2.24, 2.45) is 4.99 Å². The number of nitrogens with zero attached hydrogens (tertiary/aromatic N) is 2. The van der Waals surface area contributed by atoms with Crippen LogP contribution in [0.5, 0.6) is 17.2 Å². The zero-order valence-corrected chi connectivity index (χ0v) is 21.6. The minimum absolute atomic E-state index is 0. The van der Waals surface area contributed by atoms with Crippen molar-refractivity contribution in [3.05, 3.63) is 53.6 Å². The van der Waals surface area contributed by atoms with Crippen LogP contribution in [0.4, 0.5) is 0 Å². The molecule has 172 valence electrons. The Morgan fingerprint density at radius 1 is 0.935 bits per heavy atom. The molecule has 0 amide bonds. The lowest BCUT2D eigenvalue weighted by Gasteiger charge is -2.26. The molecule has 2 N–H and O–H groups in total. The lowest BCUT2D eigenvalue weighted by atomic mass is 10.1. The summed E-state index contributed by atoms with van der Waals surface area (Å²) in [5.74, 6) is 3.04. The molecule has 0 bridgehead atoms. The molecular weight excluding hydrogens is 507 g/mol. The minimum atomic E-state index is 0. The van der Waals surface area contributed by atoms with Gasteiger partial charge in [0.2, 0.25) is 0 Å². The standard InChI is InChI=1S/C23H34N4O3.HI/c1-7-24-23(25-15-18-10-8-9-11-20(18)28-4)26-16-19(27(2)3)17-12-13-21(29-5)22(14-17)30-6;/h8-14,19H,7,15-16H2,1-6H3,(H2,24,25,26);1H. The summed E-state index contributed by atoms with van der Waals surface area (Å²) in [6, 6.07) is 14.1. The summed E-state index contributed by atoms with van der Waals surface area (Å²) in [5, 5.41) is 6.77. The van der Waals surface area contributed by atoms with E-state index in [-0.39, 0.29) is 30.0 Å². The average Bonchev–Trinajstić information content (AvgIpc) is 2.77. The molecule has 0 saturated carbocycles. The molecule has 2 rings (SSSR count). The summed E-state index contributed by atoms with van der Waals surface area (Å²) in [5.41, 5.74) is 2.17. The Kier molecular flexibility index (Phi) is 12.1. The molecule has 31 heavy (non-hydrogen) atoms. The fraction of sp³-hybridized carbons (Fsp3) is 0.435. The van der Waals surface area contributed by atoms with Crippen molar-refractivity contribution >= 4 is 29.9 Å². The van der Waals surface area contributed by atoms with Crippen LogP contribution < -0.4 is 24.8 Å². The van der Waals surface area contributed by atoms with Gasteiger partial charge in [-0.25, -0.2) is 4.99 Å². The summed E-state index contributed by atoms with van der Waals surface area (Å²) in [7, 11) is 9.09. The summed E-state index contributed by atoms with van der Waals surface area (Å²) < 4.78 is 16.3. The maximum atomic E-state index is 5.47. The minimum Gasteiger partial charge on any atom is -0.496 e. The highest BCUT2D eigenvalue weighted by Crippen LogP contribution is 2.31. The van der Waals surface area contributed by atoms with Crippen LogP contribution >= 0.6 is 24.0 Å². The van der Waals surface area contributed by atoms with Gasteiger partial charge in [-0.15, -0.1) is 24.0 Å². The van der Waals surface area contributed by atoms with Crippen LogP contribution in [-0.2, 0) is 6.54 Å². The number of para-hydroxylation sites is 1. The molecule has 0 aromatic heterocycles. The number of ether oxygens (including phenoxy) is 3. The van der Waals surface area contributed by atoms with Gasteiger partial charge in [-0.3, -0.25) is 0 Å². The van der Waals surface area contributed by atoms with Crippen molar-refractivity contribution in [3.8, 4) is 17.2 Å². The predicted octanol–water partition coefficient (Wildman–Crippen LogP) is 3.69. The second-order valence-corrected chi connectivity index (χ2v) is 6.98. The van der Waals surface area contributed by atoms with Crippen molar-refractivity contribution in [1.29, 1.82) is 0 Å². The quantitative estimate of drug-likeness (QED) is 0.271. The van der Waals surface area contributed by atoms with Gasteiger partial charge in [-0.05, 0) is 44.8 Å². The van der Waals surface area contributed by atoms with Crippen LogP contribution in [0.3, 0.4) is 0 Å². The van der Waals surface area contributed by atoms with Crippen LogP contribution in [0.15, 0.2) is 47.5 Å². The summed E-state index contributed by atoms with van der Waals surface area (Å²) >= 11 is 0. The van der Waals surface area contributed by atoms with Gasteiger partial charge in [-0.1, -0.05) is 24.3 Å². The van der Waals surface area contributed by atoms with E-state index in [1.54, 1.807) is 21.3 Å². The van der Waals surface area contributed by atoms with E-state index in [9.17, 15) is 0 Å². The Morgan fingerprint density at radius 3 is 2.23 bits per heavy atom. The first kappa shape index (κ1) is 26.8. The average molecular weight is 542 g/mol. The van der Waals surface area contributed by atoms with E-state index >= 15 is 0 Å². The molecule has 0 aliphatic rings. The van der Waals surface area contributed by atoms with Crippen LogP contribution in [0.25, 0.3) is 0 Å². The number of hydrogen-bond acceptors (Lipinski definition) is 5. The smallest absolute Gasteiger partial charge is 0.191 e. The van der Waals surface area contributed by atoms with Crippen LogP contribution in [-0.4, -0.2) is 59.4 Å². The highest BCUT2D eigenvalue weighted by atomic mass is 127. The third kappa shape index (κ3) is 7.77. The van der Waals surface area contributed by atoms with E-state index in [1.165, 1.54) is 0 Å². The first-order chi connectivity index (χ1) is 14.5. The number of guanidine groups is 1. The molecule has 2 aromatic carbocycles. The van der Waals surface area contributed by atoms with Gasteiger partial charge in [0.05, 0.1) is 33.9 Å². The summed E-state index contributed by atoms with van der Waals surface area (Å²) in [4.78, 5) is 6.89. The van der Waals surface area contributed by atoms with Crippen molar-refractivity contribution in [3.63, 3.8) is 0 Å². The molecule has 0 aliphatic heterocycles. The van der Waals surface area contributed by atoms with Gasteiger partial charge in [0.25, 0.3) is 0 Å². The van der Waals surface area contributed by atoms with Crippen LogP contribution in [0.2, 0.25) is 0 Å². The Labute approximate surface area is 203 Å². The zero-order valence-electron chi connectivity index (χ0n) is 19.3. The van der Waals surface area contributed by atoms with Gasteiger partial charge in [0.1, 0.15) is 5.75 Å². The molecule has 1 atom stereocenters. The van der Waals surface area contributed by atoms with Gasteiger partial charge in [0.15, 0.2) is 17.5 Å². The van der Waals surface area contributed by atoms with E-state index in [1.807, 2.05) is 36.4 Å². The molecule has 0 spiro atoms. The van der Waals surface area contributed by atoms with Crippen molar-refractivity contribution in [2.45, 2.75) is 19.5 Å². The van der Waals surface area contributed by atoms with E-state index < -0.39 is 0 Å². The van der Waals surface area contributed by atoms with Gasteiger partial charge < -0.3 is 29.7 Å². The monoisotopic (exact) mass is 542 g/mol. The highest BCUT2D eigenvalue weighted by Gasteiger charge is 2.17. The normalized spacial score (nSPS) is 12.0. The third-order valence-corrected chi connectivity index (χ3v) is 4.82. The fourth-order valence-electron chi connectivity index (χ4n) is 3.19. The summed E-state index contributed by atoms with van der Waals surface area (Å²) in [6.07, 6.45) is 0. The number of hydrogen-bond donors (Lipinski definition) is 2. The van der Waals surface area contributed by atoms with E-state index in [0.717, 1.165) is 40.9 Å². The SMILES string of the molecule is CCNC(=NCc1ccccc1OC)NCC(c1ccc(OC)c(OC)c1)N(C)C.I. The predicted molar refractivity (Wildman–Crippen MR) is 137 cm³/mol. The Morgan fingerprint density at radius 2 is 1.61 bits per heavy atom. The molecule has 0 saturated heterocycles. The van der Waals surface area contributed by atoms with Gasteiger partial charge in [-0.2, -0.15) is 0 Å².